The number of rotatable bonds is 9. The summed E-state index contributed by atoms with van der Waals surface area (Å²) in [7, 11) is 0. The Morgan fingerprint density at radius 2 is 2.00 bits per heavy atom. The number of hydrogen-bond donors (Lipinski definition) is 2. The van der Waals surface area contributed by atoms with Gasteiger partial charge in [0.05, 0.1) is 23.5 Å². The molecule has 0 aliphatic heterocycles. The largest absolute Gasteiger partial charge is 0.462 e. The highest BCUT2D eigenvalue weighted by atomic mass is 16.5. The van der Waals surface area contributed by atoms with Gasteiger partial charge in [-0.05, 0) is 45.1 Å². The summed E-state index contributed by atoms with van der Waals surface area (Å²) in [6, 6.07) is 5.29. The second-order valence-electron chi connectivity index (χ2n) is 4.80. The molecule has 1 aromatic carbocycles. The molecule has 0 fully saturated rings. The van der Waals surface area contributed by atoms with Gasteiger partial charge >= 0.3 is 5.97 Å². The van der Waals surface area contributed by atoms with Crippen LogP contribution in [0, 0.1) is 0 Å². The van der Waals surface area contributed by atoms with Crippen LogP contribution in [0.4, 0.5) is 11.4 Å². The van der Waals surface area contributed by atoms with E-state index in [1.54, 1.807) is 25.1 Å². The molecule has 21 heavy (non-hydrogen) atoms. The van der Waals surface area contributed by atoms with Gasteiger partial charge in [-0.3, -0.25) is 0 Å². The minimum atomic E-state index is -0.337. The minimum Gasteiger partial charge on any atom is -0.462 e. The topological polar surface area (TPSA) is 67.6 Å². The van der Waals surface area contributed by atoms with Gasteiger partial charge in [-0.15, -0.1) is 0 Å². The first-order valence-electron chi connectivity index (χ1n) is 7.65. The molecule has 0 aliphatic rings. The van der Waals surface area contributed by atoms with Crippen molar-refractivity contribution in [3.8, 4) is 0 Å². The van der Waals surface area contributed by atoms with E-state index < -0.39 is 0 Å². The van der Waals surface area contributed by atoms with Gasteiger partial charge in [-0.1, -0.05) is 19.9 Å². The van der Waals surface area contributed by atoms with Crippen molar-refractivity contribution in [2.24, 2.45) is 0 Å². The molecular formula is C16H27N3O2. The number of esters is 1. The fourth-order valence-electron chi connectivity index (χ4n) is 2.20. The molecule has 0 saturated heterocycles. The second kappa shape index (κ2) is 9.23. The molecule has 0 aliphatic carbocycles. The summed E-state index contributed by atoms with van der Waals surface area (Å²) in [4.78, 5) is 14.3. The molecule has 3 N–H and O–H groups in total. The molecule has 0 bridgehead atoms. The lowest BCUT2D eigenvalue weighted by atomic mass is 10.1. The van der Waals surface area contributed by atoms with Crippen molar-refractivity contribution < 1.29 is 9.53 Å². The van der Waals surface area contributed by atoms with E-state index in [9.17, 15) is 4.79 Å². The Bertz CT molecular complexity index is 445. The van der Waals surface area contributed by atoms with Crippen LogP contribution in [0.25, 0.3) is 0 Å². The summed E-state index contributed by atoms with van der Waals surface area (Å²) < 4.78 is 5.06. The molecule has 5 nitrogen and oxygen atoms in total. The number of ether oxygens (including phenoxy) is 1. The highest BCUT2D eigenvalue weighted by molar-refractivity contribution is 5.98. The molecule has 0 atom stereocenters. The third-order valence-corrected chi connectivity index (χ3v) is 3.44. The molecule has 0 radical (unpaired) electrons. The molecule has 118 valence electrons. The zero-order chi connectivity index (χ0) is 15.7. The maximum atomic E-state index is 11.9. The van der Waals surface area contributed by atoms with E-state index >= 15 is 0 Å². The van der Waals surface area contributed by atoms with Crippen molar-refractivity contribution in [1.82, 2.24) is 4.90 Å². The number of benzene rings is 1. The number of nitrogens with zero attached hydrogens (tertiary/aromatic N) is 1. The quantitative estimate of drug-likeness (QED) is 0.416. The lowest BCUT2D eigenvalue weighted by molar-refractivity contribution is 0.0527. The number of nitrogen functional groups attached to an aromatic ring is 1. The standard InChI is InChI=1S/C16H27N3O2/c1-4-19(5-2)12-8-11-18-15-13(16(20)21-6-3)9-7-10-14(15)17/h7,9-10,18H,4-6,8,11-12,17H2,1-3H3. The molecule has 0 aromatic heterocycles. The van der Waals surface area contributed by atoms with E-state index in [0.717, 1.165) is 32.6 Å². The van der Waals surface area contributed by atoms with Crippen LogP contribution in [0.2, 0.25) is 0 Å². The number of carbonyl (C=O) groups excluding carboxylic acids is 1. The highest BCUT2D eigenvalue weighted by Gasteiger charge is 2.14. The smallest absolute Gasteiger partial charge is 0.340 e. The molecule has 0 heterocycles. The number of hydrogen-bond acceptors (Lipinski definition) is 5. The van der Waals surface area contributed by atoms with Crippen LogP contribution < -0.4 is 11.1 Å². The lowest BCUT2D eigenvalue weighted by Crippen LogP contribution is -2.25. The van der Waals surface area contributed by atoms with Gasteiger partial charge in [0.25, 0.3) is 0 Å². The Kier molecular flexibility index (Phi) is 7.61. The van der Waals surface area contributed by atoms with Crippen molar-refractivity contribution in [1.29, 1.82) is 0 Å². The summed E-state index contributed by atoms with van der Waals surface area (Å²) in [6.45, 7) is 10.4. The third kappa shape index (κ3) is 5.27. The zero-order valence-corrected chi connectivity index (χ0v) is 13.3. The van der Waals surface area contributed by atoms with Gasteiger partial charge in [0.15, 0.2) is 0 Å². The van der Waals surface area contributed by atoms with Crippen molar-refractivity contribution in [2.75, 3.05) is 43.8 Å². The number of nitrogens with two attached hydrogens (primary N) is 1. The SMILES string of the molecule is CCOC(=O)c1cccc(N)c1NCCCN(CC)CC. The molecule has 0 spiro atoms. The molecule has 1 rings (SSSR count). The Labute approximate surface area is 127 Å². The lowest BCUT2D eigenvalue weighted by Gasteiger charge is -2.19. The van der Waals surface area contributed by atoms with E-state index in [-0.39, 0.29) is 5.97 Å². The molecule has 0 amide bonds. The van der Waals surface area contributed by atoms with Gasteiger partial charge < -0.3 is 20.7 Å². The van der Waals surface area contributed by atoms with Gasteiger partial charge in [0.1, 0.15) is 0 Å². The first-order chi connectivity index (χ1) is 10.1. The predicted octanol–water partition coefficient (Wildman–Crippen LogP) is 2.59. The summed E-state index contributed by atoms with van der Waals surface area (Å²) in [6.07, 6.45) is 0.998. The van der Waals surface area contributed by atoms with Crippen LogP contribution in [0.1, 0.15) is 37.6 Å². The number of nitrogens with one attached hydrogen (secondary N) is 1. The van der Waals surface area contributed by atoms with E-state index in [4.69, 9.17) is 10.5 Å². The Hall–Kier alpha value is -1.75. The van der Waals surface area contributed by atoms with Crippen LogP contribution >= 0.6 is 0 Å². The average Bonchev–Trinajstić information content (AvgIpc) is 2.49. The second-order valence-corrected chi connectivity index (χ2v) is 4.80. The maximum Gasteiger partial charge on any atom is 0.340 e. The first-order valence-corrected chi connectivity index (χ1v) is 7.65. The minimum absolute atomic E-state index is 0.337. The molecule has 0 unspecified atom stereocenters. The first kappa shape index (κ1) is 17.3. The molecule has 1 aromatic rings. The predicted molar refractivity (Wildman–Crippen MR) is 87.7 cm³/mol. The highest BCUT2D eigenvalue weighted by Crippen LogP contribution is 2.24. The van der Waals surface area contributed by atoms with Gasteiger partial charge in [-0.2, -0.15) is 0 Å². The Balaban J connectivity index is 2.63. The number of anilines is 2. The monoisotopic (exact) mass is 293 g/mol. The average molecular weight is 293 g/mol. The summed E-state index contributed by atoms with van der Waals surface area (Å²) >= 11 is 0. The summed E-state index contributed by atoms with van der Waals surface area (Å²) in [5.74, 6) is -0.337. The fourth-order valence-corrected chi connectivity index (χ4v) is 2.20. The van der Waals surface area contributed by atoms with Crippen LogP contribution in [-0.4, -0.2) is 43.7 Å². The van der Waals surface area contributed by atoms with Crippen LogP contribution in [-0.2, 0) is 4.74 Å². The van der Waals surface area contributed by atoms with E-state index in [1.165, 1.54) is 0 Å². The van der Waals surface area contributed by atoms with Crippen LogP contribution in [0.3, 0.4) is 0 Å². The normalized spacial score (nSPS) is 10.7. The van der Waals surface area contributed by atoms with Gasteiger partial charge in [0.2, 0.25) is 0 Å². The van der Waals surface area contributed by atoms with Gasteiger partial charge in [0, 0.05) is 6.54 Å². The number of para-hydroxylation sites is 1. The van der Waals surface area contributed by atoms with Crippen LogP contribution in [0.15, 0.2) is 18.2 Å². The van der Waals surface area contributed by atoms with Crippen molar-refractivity contribution in [3.63, 3.8) is 0 Å². The summed E-state index contributed by atoms with van der Waals surface area (Å²) in [5.41, 5.74) is 7.72. The van der Waals surface area contributed by atoms with E-state index in [1.807, 2.05) is 0 Å². The van der Waals surface area contributed by atoms with E-state index in [2.05, 4.69) is 24.1 Å². The number of carbonyl (C=O) groups is 1. The Morgan fingerprint density at radius 1 is 1.29 bits per heavy atom. The van der Waals surface area contributed by atoms with Crippen molar-refractivity contribution >= 4 is 17.3 Å². The molecular weight excluding hydrogens is 266 g/mol. The third-order valence-electron chi connectivity index (χ3n) is 3.44. The van der Waals surface area contributed by atoms with Gasteiger partial charge in [-0.25, -0.2) is 4.79 Å². The van der Waals surface area contributed by atoms with Crippen molar-refractivity contribution in [2.45, 2.75) is 27.2 Å². The Morgan fingerprint density at radius 3 is 2.62 bits per heavy atom. The van der Waals surface area contributed by atoms with Crippen molar-refractivity contribution in [3.05, 3.63) is 23.8 Å². The maximum absolute atomic E-state index is 11.9. The van der Waals surface area contributed by atoms with E-state index in [0.29, 0.717) is 23.5 Å². The molecule has 0 saturated carbocycles. The fraction of sp³-hybridized carbons (Fsp3) is 0.562. The van der Waals surface area contributed by atoms with Crippen LogP contribution in [0.5, 0.6) is 0 Å². The summed E-state index contributed by atoms with van der Waals surface area (Å²) in [5, 5.41) is 3.27. The molecule has 5 heteroatoms. The zero-order valence-electron chi connectivity index (χ0n) is 13.3.